The number of fused-ring (bicyclic) bond motifs is 3. The first kappa shape index (κ1) is 21.4. The van der Waals surface area contributed by atoms with Crippen molar-refractivity contribution in [3.63, 3.8) is 0 Å². The van der Waals surface area contributed by atoms with Gasteiger partial charge in [0.05, 0.1) is 25.5 Å². The molecule has 33 heavy (non-hydrogen) atoms. The van der Waals surface area contributed by atoms with Crippen LogP contribution in [0.15, 0.2) is 71.7 Å². The fraction of sp³-hybridized carbons (Fsp3) is 0.310. The van der Waals surface area contributed by atoms with Crippen LogP contribution in [0, 0.1) is 0 Å². The monoisotopic (exact) mass is 439 g/mol. The van der Waals surface area contributed by atoms with Crippen molar-refractivity contribution in [3.8, 4) is 11.5 Å². The zero-order chi connectivity index (χ0) is 22.8. The minimum atomic E-state index is 0.0310. The minimum Gasteiger partial charge on any atom is -0.493 e. The third kappa shape index (κ3) is 4.06. The molecule has 4 nitrogen and oxygen atoms in total. The highest BCUT2D eigenvalue weighted by Gasteiger charge is 2.34. The first-order valence-electron chi connectivity index (χ1n) is 11.8. The Morgan fingerprint density at radius 3 is 2.39 bits per heavy atom. The van der Waals surface area contributed by atoms with Gasteiger partial charge in [0.2, 0.25) is 0 Å². The van der Waals surface area contributed by atoms with Gasteiger partial charge in [-0.3, -0.25) is 9.79 Å². The van der Waals surface area contributed by atoms with Gasteiger partial charge >= 0.3 is 0 Å². The van der Waals surface area contributed by atoms with Crippen molar-refractivity contribution in [2.45, 2.75) is 44.6 Å². The lowest BCUT2D eigenvalue weighted by molar-refractivity contribution is 0.103. The number of carbonyl (C=O) groups is 1. The molecule has 3 aromatic rings. The van der Waals surface area contributed by atoms with E-state index in [1.807, 2.05) is 61.5 Å². The zero-order valence-corrected chi connectivity index (χ0v) is 19.2. The summed E-state index contributed by atoms with van der Waals surface area (Å²) >= 11 is 0. The van der Waals surface area contributed by atoms with Crippen molar-refractivity contribution < 1.29 is 14.3 Å². The van der Waals surface area contributed by atoms with E-state index in [0.717, 1.165) is 41.2 Å². The van der Waals surface area contributed by atoms with E-state index in [1.54, 1.807) is 7.11 Å². The maximum Gasteiger partial charge on any atom is 0.193 e. The number of ketones is 1. The van der Waals surface area contributed by atoms with E-state index in [0.29, 0.717) is 23.7 Å². The van der Waals surface area contributed by atoms with Crippen molar-refractivity contribution >= 4 is 11.5 Å². The molecule has 3 aromatic carbocycles. The second-order valence-corrected chi connectivity index (χ2v) is 8.73. The Morgan fingerprint density at radius 1 is 0.939 bits per heavy atom. The predicted octanol–water partition coefficient (Wildman–Crippen LogP) is 6.20. The second-order valence-electron chi connectivity index (χ2n) is 8.73. The molecule has 0 aromatic heterocycles. The summed E-state index contributed by atoms with van der Waals surface area (Å²) in [5.41, 5.74) is 5.80. The molecule has 5 rings (SSSR count). The maximum atomic E-state index is 12.8. The minimum absolute atomic E-state index is 0.0310. The smallest absolute Gasteiger partial charge is 0.193 e. The van der Waals surface area contributed by atoms with Crippen LogP contribution < -0.4 is 9.47 Å². The van der Waals surface area contributed by atoms with Crippen molar-refractivity contribution in [1.82, 2.24) is 0 Å². The number of ether oxygens (including phenoxy) is 2. The van der Waals surface area contributed by atoms with Crippen molar-refractivity contribution in [2.24, 2.45) is 4.99 Å². The third-order valence-corrected chi connectivity index (χ3v) is 6.77. The molecule has 0 radical (unpaired) electrons. The standard InChI is InChI=1S/C29H29NO3/c1-3-33-27-17-23-22-11-7-8-12-25(22)30-28(24(23)18-26(27)32-2)19-13-15-21(16-14-19)29(31)20-9-5-4-6-10-20/h4-6,9-10,13-18,22,25H,3,7-8,11-12H2,1-2H3/t22-,25-/m1/s1. The van der Waals surface area contributed by atoms with Crippen LogP contribution >= 0.6 is 0 Å². The number of methoxy groups -OCH3 is 1. The number of aliphatic imine (C=N–C) groups is 1. The summed E-state index contributed by atoms with van der Waals surface area (Å²) in [5.74, 6) is 1.98. The molecule has 1 aliphatic heterocycles. The predicted molar refractivity (Wildman–Crippen MR) is 131 cm³/mol. The maximum absolute atomic E-state index is 12.8. The number of hydrogen-bond donors (Lipinski definition) is 0. The van der Waals surface area contributed by atoms with E-state index >= 15 is 0 Å². The Bertz CT molecular complexity index is 1180. The van der Waals surface area contributed by atoms with Gasteiger partial charge in [-0.25, -0.2) is 0 Å². The molecule has 1 aliphatic carbocycles. The van der Waals surface area contributed by atoms with Crippen LogP contribution in [0.25, 0.3) is 0 Å². The summed E-state index contributed by atoms with van der Waals surface area (Å²) in [6.07, 6.45) is 4.70. The highest BCUT2D eigenvalue weighted by atomic mass is 16.5. The molecule has 0 bridgehead atoms. The van der Waals surface area contributed by atoms with E-state index in [1.165, 1.54) is 18.4 Å². The number of carbonyl (C=O) groups excluding carboxylic acids is 1. The highest BCUT2D eigenvalue weighted by Crippen LogP contribution is 2.44. The molecule has 0 amide bonds. The summed E-state index contributed by atoms with van der Waals surface area (Å²) in [4.78, 5) is 18.1. The van der Waals surface area contributed by atoms with Crippen LogP contribution in [0.4, 0.5) is 0 Å². The van der Waals surface area contributed by atoms with Gasteiger partial charge in [0.1, 0.15) is 0 Å². The molecule has 0 spiro atoms. The second kappa shape index (κ2) is 9.22. The van der Waals surface area contributed by atoms with Crippen LogP contribution in [0.5, 0.6) is 11.5 Å². The van der Waals surface area contributed by atoms with E-state index in [4.69, 9.17) is 14.5 Å². The molecule has 2 aliphatic rings. The van der Waals surface area contributed by atoms with Crippen LogP contribution in [0.2, 0.25) is 0 Å². The summed E-state index contributed by atoms with van der Waals surface area (Å²) in [7, 11) is 1.68. The molecule has 4 heteroatoms. The summed E-state index contributed by atoms with van der Waals surface area (Å²) < 4.78 is 11.6. The Hall–Kier alpha value is -3.40. The van der Waals surface area contributed by atoms with Crippen LogP contribution in [0.3, 0.4) is 0 Å². The summed E-state index contributed by atoms with van der Waals surface area (Å²) in [6.45, 7) is 2.59. The lowest BCUT2D eigenvalue weighted by Gasteiger charge is -2.36. The molecule has 0 N–H and O–H groups in total. The molecule has 168 valence electrons. The molecule has 0 unspecified atom stereocenters. The molecule has 0 saturated heterocycles. The van der Waals surface area contributed by atoms with Crippen LogP contribution in [0.1, 0.15) is 71.1 Å². The van der Waals surface area contributed by atoms with Gasteiger partial charge in [0, 0.05) is 28.2 Å². The third-order valence-electron chi connectivity index (χ3n) is 6.77. The average molecular weight is 440 g/mol. The number of benzene rings is 3. The Labute approximate surface area is 195 Å². The zero-order valence-electron chi connectivity index (χ0n) is 19.2. The van der Waals surface area contributed by atoms with Crippen LogP contribution in [-0.4, -0.2) is 31.3 Å². The SMILES string of the molecule is CCOc1cc2c(cc1OC)C(c1ccc(C(=O)c3ccccc3)cc1)=N[C@@H]1CCCC[C@H]21. The van der Waals surface area contributed by atoms with Crippen LogP contribution in [-0.2, 0) is 0 Å². The number of hydrogen-bond acceptors (Lipinski definition) is 4. The van der Waals surface area contributed by atoms with E-state index in [-0.39, 0.29) is 11.8 Å². The summed E-state index contributed by atoms with van der Waals surface area (Å²) in [5, 5.41) is 0. The quantitative estimate of drug-likeness (QED) is 0.430. The van der Waals surface area contributed by atoms with Gasteiger partial charge in [-0.2, -0.15) is 0 Å². The van der Waals surface area contributed by atoms with Gasteiger partial charge in [-0.1, -0.05) is 67.4 Å². The first-order chi connectivity index (χ1) is 16.2. The molecular weight excluding hydrogens is 410 g/mol. The van der Waals surface area contributed by atoms with Gasteiger partial charge < -0.3 is 9.47 Å². The largest absolute Gasteiger partial charge is 0.493 e. The molecule has 1 fully saturated rings. The normalized spacial score (nSPS) is 19.2. The lowest BCUT2D eigenvalue weighted by atomic mass is 9.75. The van der Waals surface area contributed by atoms with Gasteiger partial charge in [-0.05, 0) is 37.5 Å². The molecular formula is C29H29NO3. The fourth-order valence-corrected chi connectivity index (χ4v) is 5.14. The average Bonchev–Trinajstić information content (AvgIpc) is 2.88. The number of nitrogens with zero attached hydrogens (tertiary/aromatic N) is 1. The van der Waals surface area contributed by atoms with Gasteiger partial charge in [-0.15, -0.1) is 0 Å². The molecule has 1 saturated carbocycles. The Balaban J connectivity index is 1.55. The topological polar surface area (TPSA) is 47.9 Å². The van der Waals surface area contributed by atoms with Crippen molar-refractivity contribution in [2.75, 3.05) is 13.7 Å². The lowest BCUT2D eigenvalue weighted by Crippen LogP contribution is -2.29. The number of rotatable bonds is 6. The van der Waals surface area contributed by atoms with Gasteiger partial charge in [0.15, 0.2) is 17.3 Å². The summed E-state index contributed by atoms with van der Waals surface area (Å²) in [6, 6.07) is 21.8. The fourth-order valence-electron chi connectivity index (χ4n) is 5.14. The highest BCUT2D eigenvalue weighted by molar-refractivity contribution is 6.16. The van der Waals surface area contributed by atoms with Gasteiger partial charge in [0.25, 0.3) is 0 Å². The molecule has 1 heterocycles. The van der Waals surface area contributed by atoms with Crippen molar-refractivity contribution in [3.05, 3.63) is 94.5 Å². The van der Waals surface area contributed by atoms with E-state index in [9.17, 15) is 4.79 Å². The van der Waals surface area contributed by atoms with E-state index in [2.05, 4.69) is 12.1 Å². The Kier molecular flexibility index (Phi) is 5.99. The molecule has 2 atom stereocenters. The van der Waals surface area contributed by atoms with E-state index < -0.39 is 0 Å². The first-order valence-corrected chi connectivity index (χ1v) is 11.8. The Morgan fingerprint density at radius 2 is 1.67 bits per heavy atom. The van der Waals surface area contributed by atoms with Crippen molar-refractivity contribution in [1.29, 1.82) is 0 Å².